The number of hydrogen-bond donors (Lipinski definition) is 1. The topological polar surface area (TPSA) is 80.6 Å². The number of benzene rings is 2. The molecule has 206 valence electrons. The fourth-order valence-corrected chi connectivity index (χ4v) is 4.46. The van der Waals surface area contributed by atoms with E-state index in [1.165, 1.54) is 5.56 Å². The molecule has 0 fully saturated rings. The summed E-state index contributed by atoms with van der Waals surface area (Å²) >= 11 is 0. The van der Waals surface area contributed by atoms with E-state index >= 15 is 0 Å². The van der Waals surface area contributed by atoms with Gasteiger partial charge in [0.15, 0.2) is 0 Å². The Morgan fingerprint density at radius 2 is 1.82 bits per heavy atom. The highest BCUT2D eigenvalue weighted by molar-refractivity contribution is 6.21. The fraction of sp³-hybridized carbons (Fsp3) is 0.484. The number of unbranched alkanes of at least 4 members (excludes halogenated alkanes) is 2. The van der Waals surface area contributed by atoms with Crippen molar-refractivity contribution in [2.24, 2.45) is 4.99 Å². The van der Waals surface area contributed by atoms with E-state index in [1.807, 2.05) is 0 Å². The van der Waals surface area contributed by atoms with Gasteiger partial charge in [-0.2, -0.15) is 0 Å². The van der Waals surface area contributed by atoms with Crippen molar-refractivity contribution in [3.05, 3.63) is 64.9 Å². The molecular formula is C31H42N2O5. The van der Waals surface area contributed by atoms with Crippen LogP contribution in [0.3, 0.4) is 0 Å². The lowest BCUT2D eigenvalue weighted by Crippen LogP contribution is -2.40. The van der Waals surface area contributed by atoms with E-state index in [2.05, 4.69) is 63.8 Å². The number of ether oxygens (including phenoxy) is 3. The Morgan fingerprint density at radius 1 is 1.11 bits per heavy atom. The van der Waals surface area contributed by atoms with Gasteiger partial charge in [0.25, 0.3) is 0 Å². The standard InChI is InChI=1S/C31H42N2O5/c1-8-9-10-11-21(2)33(19-22-12-14-23(15-13-22)31(3,4)5)29(28-26(34)20-38-30(28)35)32-25-17-16-24(36-6)18-27(25)37-7/h12-18,21,34H,8-11,19-20H2,1-7H3. The lowest BCUT2D eigenvalue weighted by molar-refractivity contribution is -0.135. The summed E-state index contributed by atoms with van der Waals surface area (Å²) in [5.41, 5.74) is 3.00. The van der Waals surface area contributed by atoms with Crippen LogP contribution in [0.1, 0.15) is 71.4 Å². The van der Waals surface area contributed by atoms with Crippen LogP contribution in [-0.4, -0.2) is 48.7 Å². The van der Waals surface area contributed by atoms with Gasteiger partial charge < -0.3 is 24.2 Å². The van der Waals surface area contributed by atoms with E-state index in [0.29, 0.717) is 29.6 Å². The Morgan fingerprint density at radius 3 is 2.37 bits per heavy atom. The molecule has 1 aliphatic heterocycles. The zero-order chi connectivity index (χ0) is 27.9. The zero-order valence-electron chi connectivity index (χ0n) is 23.8. The number of aliphatic imine (C=N–C) groups is 1. The first kappa shape index (κ1) is 29.1. The number of carbonyl (C=O) groups excluding carboxylic acids is 1. The van der Waals surface area contributed by atoms with Crippen LogP contribution in [0.4, 0.5) is 5.69 Å². The van der Waals surface area contributed by atoms with Gasteiger partial charge in [0.1, 0.15) is 41.0 Å². The number of aliphatic hydroxyl groups is 1. The number of rotatable bonds is 11. The van der Waals surface area contributed by atoms with Crippen LogP contribution >= 0.6 is 0 Å². The highest BCUT2D eigenvalue weighted by atomic mass is 16.5. The van der Waals surface area contributed by atoms with Gasteiger partial charge in [-0.15, -0.1) is 0 Å². The molecule has 0 aromatic heterocycles. The van der Waals surface area contributed by atoms with Crippen LogP contribution in [-0.2, 0) is 21.5 Å². The molecule has 38 heavy (non-hydrogen) atoms. The summed E-state index contributed by atoms with van der Waals surface area (Å²) in [6.07, 6.45) is 4.19. The summed E-state index contributed by atoms with van der Waals surface area (Å²) in [6.45, 7) is 11.2. The summed E-state index contributed by atoms with van der Waals surface area (Å²) < 4.78 is 16.1. The maximum Gasteiger partial charge on any atom is 0.345 e. The smallest absolute Gasteiger partial charge is 0.345 e. The molecule has 1 heterocycles. The first-order valence-electron chi connectivity index (χ1n) is 13.3. The van der Waals surface area contributed by atoms with Crippen LogP contribution in [0, 0.1) is 0 Å². The largest absolute Gasteiger partial charge is 0.508 e. The molecule has 1 aliphatic rings. The third-order valence-corrected chi connectivity index (χ3v) is 6.87. The lowest BCUT2D eigenvalue weighted by atomic mass is 9.86. The van der Waals surface area contributed by atoms with Crippen LogP contribution in [0.2, 0.25) is 0 Å². The summed E-state index contributed by atoms with van der Waals surface area (Å²) in [5, 5.41) is 10.7. The Hall–Kier alpha value is -3.48. The molecule has 1 unspecified atom stereocenters. The molecule has 0 saturated heterocycles. The summed E-state index contributed by atoms with van der Waals surface area (Å²) in [6, 6.07) is 13.9. The minimum absolute atomic E-state index is 0.0422. The SMILES string of the molecule is CCCCCC(C)N(Cc1ccc(C(C)(C)C)cc1)C(=Nc1ccc(OC)cc1OC)C1=C(O)COC1=O. The Balaban J connectivity index is 2.13. The maximum atomic E-state index is 12.9. The van der Waals surface area contributed by atoms with Crippen molar-refractivity contribution in [2.75, 3.05) is 20.8 Å². The van der Waals surface area contributed by atoms with E-state index in [-0.39, 0.29) is 29.4 Å². The van der Waals surface area contributed by atoms with Crippen molar-refractivity contribution in [2.45, 2.75) is 78.3 Å². The van der Waals surface area contributed by atoms with Crippen molar-refractivity contribution in [3.63, 3.8) is 0 Å². The molecule has 0 radical (unpaired) electrons. The van der Waals surface area contributed by atoms with E-state index in [0.717, 1.165) is 31.2 Å². The van der Waals surface area contributed by atoms with Crippen LogP contribution in [0.5, 0.6) is 11.5 Å². The minimum Gasteiger partial charge on any atom is -0.508 e. The maximum absolute atomic E-state index is 12.9. The first-order valence-corrected chi connectivity index (χ1v) is 13.3. The first-order chi connectivity index (χ1) is 18.1. The van der Waals surface area contributed by atoms with Crippen LogP contribution < -0.4 is 9.47 Å². The second kappa shape index (κ2) is 12.9. The molecule has 3 rings (SSSR count). The number of esters is 1. The highest BCUT2D eigenvalue weighted by Crippen LogP contribution is 2.34. The quantitative estimate of drug-likeness (QED) is 0.150. The average Bonchev–Trinajstić information content (AvgIpc) is 3.23. The number of hydrogen-bond acceptors (Lipinski definition) is 6. The molecule has 0 spiro atoms. The molecule has 0 saturated carbocycles. The second-order valence-corrected chi connectivity index (χ2v) is 10.8. The summed E-state index contributed by atoms with van der Waals surface area (Å²) in [5.74, 6) is 0.810. The lowest BCUT2D eigenvalue weighted by Gasteiger charge is -2.33. The van der Waals surface area contributed by atoms with Gasteiger partial charge in [0, 0.05) is 18.7 Å². The second-order valence-electron chi connectivity index (χ2n) is 10.8. The van der Waals surface area contributed by atoms with E-state index < -0.39 is 5.97 Å². The van der Waals surface area contributed by atoms with Crippen molar-refractivity contribution in [3.8, 4) is 11.5 Å². The van der Waals surface area contributed by atoms with E-state index in [1.54, 1.807) is 32.4 Å². The van der Waals surface area contributed by atoms with Gasteiger partial charge in [-0.25, -0.2) is 9.79 Å². The van der Waals surface area contributed by atoms with Crippen LogP contribution in [0.25, 0.3) is 0 Å². The van der Waals surface area contributed by atoms with Gasteiger partial charge >= 0.3 is 5.97 Å². The van der Waals surface area contributed by atoms with E-state index in [9.17, 15) is 9.90 Å². The minimum atomic E-state index is -0.581. The predicted molar refractivity (Wildman–Crippen MR) is 152 cm³/mol. The Bertz CT molecular complexity index is 1160. The van der Waals surface area contributed by atoms with Gasteiger partial charge in [0.2, 0.25) is 0 Å². The van der Waals surface area contributed by atoms with Crippen molar-refractivity contribution < 1.29 is 24.1 Å². The third-order valence-electron chi connectivity index (χ3n) is 6.87. The molecule has 0 bridgehead atoms. The number of nitrogens with zero attached hydrogens (tertiary/aromatic N) is 2. The number of amidine groups is 1. The normalized spacial score (nSPS) is 14.9. The molecule has 1 atom stereocenters. The number of carbonyl (C=O) groups is 1. The van der Waals surface area contributed by atoms with Crippen molar-refractivity contribution in [1.82, 2.24) is 4.90 Å². The molecule has 1 N–H and O–H groups in total. The highest BCUT2D eigenvalue weighted by Gasteiger charge is 2.34. The summed E-state index contributed by atoms with van der Waals surface area (Å²) in [7, 11) is 3.15. The molecule has 7 heteroatoms. The molecule has 2 aromatic rings. The molecule has 0 aliphatic carbocycles. The van der Waals surface area contributed by atoms with Gasteiger partial charge in [0.05, 0.1) is 14.2 Å². The predicted octanol–water partition coefficient (Wildman–Crippen LogP) is 6.87. The van der Waals surface area contributed by atoms with Crippen molar-refractivity contribution >= 4 is 17.5 Å². The summed E-state index contributed by atoms with van der Waals surface area (Å²) in [4.78, 5) is 19.9. The number of cyclic esters (lactones) is 1. The monoisotopic (exact) mass is 522 g/mol. The zero-order valence-corrected chi connectivity index (χ0v) is 23.8. The average molecular weight is 523 g/mol. The molecule has 2 aromatic carbocycles. The third kappa shape index (κ3) is 7.09. The van der Waals surface area contributed by atoms with Gasteiger partial charge in [-0.1, -0.05) is 71.2 Å². The van der Waals surface area contributed by atoms with Crippen LogP contribution in [0.15, 0.2) is 58.8 Å². The number of aliphatic hydroxyl groups excluding tert-OH is 1. The van der Waals surface area contributed by atoms with E-state index in [4.69, 9.17) is 19.2 Å². The molecule has 7 nitrogen and oxygen atoms in total. The number of methoxy groups -OCH3 is 2. The van der Waals surface area contributed by atoms with Gasteiger partial charge in [-0.05, 0) is 42.0 Å². The molecular weight excluding hydrogens is 480 g/mol. The Labute approximate surface area is 227 Å². The molecule has 0 amide bonds. The van der Waals surface area contributed by atoms with Gasteiger partial charge in [-0.3, -0.25) is 0 Å². The fourth-order valence-electron chi connectivity index (χ4n) is 4.46. The Kier molecular flexibility index (Phi) is 9.84. The van der Waals surface area contributed by atoms with Crippen molar-refractivity contribution in [1.29, 1.82) is 0 Å².